The van der Waals surface area contributed by atoms with Crippen LogP contribution in [0.25, 0.3) is 0 Å². The first-order valence-electron chi connectivity index (χ1n) is 6.44. The van der Waals surface area contributed by atoms with Crippen LogP contribution < -0.4 is 0 Å². The van der Waals surface area contributed by atoms with Gasteiger partial charge in [0.1, 0.15) is 0 Å². The van der Waals surface area contributed by atoms with E-state index in [1.807, 2.05) is 18.9 Å². The van der Waals surface area contributed by atoms with E-state index in [9.17, 15) is 4.79 Å². The summed E-state index contributed by atoms with van der Waals surface area (Å²) >= 11 is 0. The number of aromatic amines is 1. The van der Waals surface area contributed by atoms with Crippen LogP contribution in [0.2, 0.25) is 0 Å². The molecular weight excluding hydrogens is 214 g/mol. The molecule has 1 amide bonds. The Morgan fingerprint density at radius 2 is 2.18 bits per heavy atom. The molecule has 1 aliphatic rings. The molecule has 0 aromatic carbocycles. The quantitative estimate of drug-likeness (QED) is 0.874. The number of hydrogen-bond donors (Lipinski definition) is 1. The minimum Gasteiger partial charge on any atom is -0.341 e. The van der Waals surface area contributed by atoms with E-state index in [4.69, 9.17) is 0 Å². The summed E-state index contributed by atoms with van der Waals surface area (Å²) in [5.74, 6) is 0.770. The lowest BCUT2D eigenvalue weighted by Gasteiger charge is -2.26. The van der Waals surface area contributed by atoms with Crippen molar-refractivity contribution in [2.24, 2.45) is 5.92 Å². The monoisotopic (exact) mass is 235 g/mol. The highest BCUT2D eigenvalue weighted by Crippen LogP contribution is 2.24. The zero-order valence-electron chi connectivity index (χ0n) is 10.7. The fourth-order valence-corrected chi connectivity index (χ4v) is 2.61. The largest absolute Gasteiger partial charge is 0.341 e. The van der Waals surface area contributed by atoms with Crippen molar-refractivity contribution < 1.29 is 4.79 Å². The Hall–Kier alpha value is -1.32. The average Bonchev–Trinajstić information content (AvgIpc) is 2.76. The van der Waals surface area contributed by atoms with Crippen molar-refractivity contribution >= 4 is 5.91 Å². The van der Waals surface area contributed by atoms with E-state index < -0.39 is 0 Å². The molecule has 0 spiro atoms. The fraction of sp³-hybridized carbons (Fsp3) is 0.692. The van der Waals surface area contributed by atoms with Gasteiger partial charge in [0.05, 0.1) is 11.8 Å². The summed E-state index contributed by atoms with van der Waals surface area (Å²) in [6.45, 7) is 2.76. The molecule has 1 saturated carbocycles. The van der Waals surface area contributed by atoms with Crippen LogP contribution in [0.4, 0.5) is 0 Å². The van der Waals surface area contributed by atoms with Gasteiger partial charge in [-0.3, -0.25) is 9.89 Å². The molecule has 94 valence electrons. The van der Waals surface area contributed by atoms with E-state index in [-0.39, 0.29) is 5.91 Å². The molecule has 0 bridgehead atoms. The number of H-pyrrole nitrogens is 1. The van der Waals surface area contributed by atoms with E-state index in [0.717, 1.165) is 12.2 Å². The van der Waals surface area contributed by atoms with Crippen molar-refractivity contribution in [3.8, 4) is 0 Å². The summed E-state index contributed by atoms with van der Waals surface area (Å²) in [5, 5.41) is 6.71. The minimum atomic E-state index is 0.0850. The predicted octanol–water partition coefficient (Wildman–Crippen LogP) is 2.37. The smallest absolute Gasteiger partial charge is 0.257 e. The molecule has 0 atom stereocenters. The first kappa shape index (κ1) is 12.1. The third-order valence-corrected chi connectivity index (χ3v) is 3.66. The van der Waals surface area contributed by atoms with Crippen molar-refractivity contribution in [3.63, 3.8) is 0 Å². The Morgan fingerprint density at radius 3 is 2.76 bits per heavy atom. The molecule has 0 saturated heterocycles. The third-order valence-electron chi connectivity index (χ3n) is 3.66. The van der Waals surface area contributed by atoms with Crippen LogP contribution in [-0.2, 0) is 0 Å². The SMILES string of the molecule is Cc1[nH]ncc1C(=O)N(C)CC1CCCCC1. The maximum Gasteiger partial charge on any atom is 0.257 e. The van der Waals surface area contributed by atoms with Crippen molar-refractivity contribution in [2.45, 2.75) is 39.0 Å². The average molecular weight is 235 g/mol. The number of hydrogen-bond acceptors (Lipinski definition) is 2. The van der Waals surface area contributed by atoms with Gasteiger partial charge in [0.25, 0.3) is 5.91 Å². The molecule has 4 heteroatoms. The van der Waals surface area contributed by atoms with Gasteiger partial charge in [-0.1, -0.05) is 19.3 Å². The summed E-state index contributed by atoms with van der Waals surface area (Å²) in [6, 6.07) is 0. The number of aromatic nitrogens is 2. The predicted molar refractivity (Wildman–Crippen MR) is 66.9 cm³/mol. The Kier molecular flexibility index (Phi) is 3.82. The summed E-state index contributed by atoms with van der Waals surface area (Å²) in [5.41, 5.74) is 1.55. The highest BCUT2D eigenvalue weighted by atomic mass is 16.2. The maximum atomic E-state index is 12.2. The number of rotatable bonds is 3. The first-order valence-corrected chi connectivity index (χ1v) is 6.44. The van der Waals surface area contributed by atoms with E-state index in [0.29, 0.717) is 11.5 Å². The lowest BCUT2D eigenvalue weighted by molar-refractivity contribution is 0.0760. The second-order valence-electron chi connectivity index (χ2n) is 5.10. The van der Waals surface area contributed by atoms with E-state index in [1.165, 1.54) is 32.1 Å². The molecule has 1 aromatic rings. The van der Waals surface area contributed by atoms with Crippen LogP contribution in [0.3, 0.4) is 0 Å². The van der Waals surface area contributed by atoms with E-state index in [1.54, 1.807) is 6.20 Å². The summed E-state index contributed by atoms with van der Waals surface area (Å²) in [4.78, 5) is 14.0. The number of aryl methyl sites for hydroxylation is 1. The topological polar surface area (TPSA) is 49.0 Å². The van der Waals surface area contributed by atoms with Gasteiger partial charge in [-0.15, -0.1) is 0 Å². The van der Waals surface area contributed by atoms with E-state index >= 15 is 0 Å². The van der Waals surface area contributed by atoms with E-state index in [2.05, 4.69) is 10.2 Å². The van der Waals surface area contributed by atoms with Gasteiger partial charge in [-0.05, 0) is 25.7 Å². The van der Waals surface area contributed by atoms with Crippen LogP contribution in [-0.4, -0.2) is 34.6 Å². The van der Waals surface area contributed by atoms with Gasteiger partial charge in [-0.25, -0.2) is 0 Å². The number of amides is 1. The van der Waals surface area contributed by atoms with Crippen LogP contribution in [0.1, 0.15) is 48.2 Å². The second kappa shape index (κ2) is 5.34. The van der Waals surface area contributed by atoms with Gasteiger partial charge in [0.15, 0.2) is 0 Å². The summed E-state index contributed by atoms with van der Waals surface area (Å²) in [7, 11) is 1.89. The molecule has 0 unspecified atom stereocenters. The van der Waals surface area contributed by atoms with Crippen molar-refractivity contribution in [1.29, 1.82) is 0 Å². The molecule has 0 aliphatic heterocycles. The van der Waals surface area contributed by atoms with Gasteiger partial charge in [0.2, 0.25) is 0 Å². The Morgan fingerprint density at radius 1 is 1.47 bits per heavy atom. The van der Waals surface area contributed by atoms with Crippen molar-refractivity contribution in [2.75, 3.05) is 13.6 Å². The zero-order valence-corrected chi connectivity index (χ0v) is 10.7. The molecule has 1 N–H and O–H groups in total. The lowest BCUT2D eigenvalue weighted by atomic mass is 9.89. The molecule has 0 radical (unpaired) electrons. The van der Waals surface area contributed by atoms with Gasteiger partial charge in [-0.2, -0.15) is 5.10 Å². The molecular formula is C13H21N3O. The lowest BCUT2D eigenvalue weighted by Crippen LogP contribution is -2.32. The zero-order chi connectivity index (χ0) is 12.3. The normalized spacial score (nSPS) is 17.1. The summed E-state index contributed by atoms with van der Waals surface area (Å²) < 4.78 is 0. The molecule has 4 nitrogen and oxygen atoms in total. The molecule has 17 heavy (non-hydrogen) atoms. The van der Waals surface area contributed by atoms with Crippen LogP contribution in [0.15, 0.2) is 6.20 Å². The van der Waals surface area contributed by atoms with Gasteiger partial charge in [0, 0.05) is 19.3 Å². The van der Waals surface area contributed by atoms with Crippen molar-refractivity contribution in [1.82, 2.24) is 15.1 Å². The standard InChI is InChI=1S/C13H21N3O/c1-10-12(8-14-15-10)13(17)16(2)9-11-6-4-3-5-7-11/h8,11H,3-7,9H2,1-2H3,(H,14,15). The molecule has 1 aromatic heterocycles. The first-order chi connectivity index (χ1) is 8.18. The molecule has 1 fully saturated rings. The van der Waals surface area contributed by atoms with Crippen LogP contribution in [0, 0.1) is 12.8 Å². The van der Waals surface area contributed by atoms with Gasteiger partial charge < -0.3 is 4.90 Å². The third kappa shape index (κ3) is 2.87. The Balaban J connectivity index is 1.93. The molecule has 1 heterocycles. The van der Waals surface area contributed by atoms with Crippen LogP contribution >= 0.6 is 0 Å². The number of carbonyl (C=O) groups is 1. The van der Waals surface area contributed by atoms with Crippen LogP contribution in [0.5, 0.6) is 0 Å². The Bertz CT molecular complexity index is 380. The summed E-state index contributed by atoms with van der Waals surface area (Å²) in [6.07, 6.45) is 8.14. The molecule has 2 rings (SSSR count). The Labute approximate surface area is 102 Å². The molecule has 1 aliphatic carbocycles. The van der Waals surface area contributed by atoms with Gasteiger partial charge >= 0.3 is 0 Å². The number of nitrogens with zero attached hydrogens (tertiary/aromatic N) is 2. The second-order valence-corrected chi connectivity index (χ2v) is 5.10. The highest BCUT2D eigenvalue weighted by Gasteiger charge is 2.20. The minimum absolute atomic E-state index is 0.0850. The fourth-order valence-electron chi connectivity index (χ4n) is 2.61. The maximum absolute atomic E-state index is 12.2. The number of nitrogens with one attached hydrogen (secondary N) is 1. The highest BCUT2D eigenvalue weighted by molar-refractivity contribution is 5.94. The van der Waals surface area contributed by atoms with Crippen molar-refractivity contribution in [3.05, 3.63) is 17.5 Å². The number of carbonyl (C=O) groups excluding carboxylic acids is 1.